The van der Waals surface area contributed by atoms with Crippen LogP contribution in [0.1, 0.15) is 23.3 Å². The van der Waals surface area contributed by atoms with Gasteiger partial charge in [-0.05, 0) is 13.0 Å². The molecule has 0 radical (unpaired) electrons. The number of piperazine rings is 1. The van der Waals surface area contributed by atoms with Crippen LogP contribution in [0.25, 0.3) is 10.9 Å². The minimum Gasteiger partial charge on any atom is -0.545 e. The smallest absolute Gasteiger partial charge is 0.198 e. The van der Waals surface area contributed by atoms with Crippen LogP contribution in [-0.4, -0.2) is 43.3 Å². The summed E-state index contributed by atoms with van der Waals surface area (Å²) in [4.78, 5) is 25.7. The summed E-state index contributed by atoms with van der Waals surface area (Å²) in [6, 6.07) is 0.945. The maximum atomic E-state index is 14.9. The van der Waals surface area contributed by atoms with E-state index in [1.165, 1.54) is 6.20 Å². The molecule has 1 aromatic heterocycles. The molecule has 7 nitrogen and oxygen atoms in total. The number of hydrogen-bond donors (Lipinski definition) is 1. The molecular formula is C17H18FN3O4. The molecule has 0 saturated carbocycles. The van der Waals surface area contributed by atoms with Crippen LogP contribution >= 0.6 is 0 Å². The molecule has 0 amide bonds. The van der Waals surface area contributed by atoms with Gasteiger partial charge in [0.1, 0.15) is 12.3 Å². The lowest BCUT2D eigenvalue weighted by molar-refractivity contribution is -0.655. The number of ether oxygens (including phenoxy) is 1. The minimum atomic E-state index is -1.56. The highest BCUT2D eigenvalue weighted by Crippen LogP contribution is 2.41. The van der Waals surface area contributed by atoms with E-state index in [-0.39, 0.29) is 18.0 Å². The lowest BCUT2D eigenvalue weighted by atomic mass is 10.1. The van der Waals surface area contributed by atoms with Crippen molar-refractivity contribution in [3.05, 3.63) is 33.9 Å². The van der Waals surface area contributed by atoms with Crippen LogP contribution < -0.4 is 25.5 Å². The van der Waals surface area contributed by atoms with Crippen LogP contribution in [0.15, 0.2) is 17.1 Å². The van der Waals surface area contributed by atoms with Crippen LogP contribution in [0.5, 0.6) is 5.75 Å². The molecular weight excluding hydrogens is 329 g/mol. The van der Waals surface area contributed by atoms with E-state index in [0.29, 0.717) is 30.0 Å². The molecule has 25 heavy (non-hydrogen) atoms. The number of nitrogens with two attached hydrogens (primary N) is 1. The molecule has 1 fully saturated rings. The largest absolute Gasteiger partial charge is 0.545 e. The number of carboxylic acid groups (broad SMARTS) is 1. The fourth-order valence-electron chi connectivity index (χ4n) is 3.63. The van der Waals surface area contributed by atoms with E-state index >= 15 is 0 Å². The van der Waals surface area contributed by atoms with E-state index in [1.54, 1.807) is 4.57 Å². The molecule has 2 aliphatic rings. The number of carboxylic acids is 1. The lowest BCUT2D eigenvalue weighted by Crippen LogP contribution is -2.89. The van der Waals surface area contributed by atoms with Gasteiger partial charge < -0.3 is 29.4 Å². The highest BCUT2D eigenvalue weighted by Gasteiger charge is 2.30. The number of benzene rings is 1. The summed E-state index contributed by atoms with van der Waals surface area (Å²) in [6.45, 7) is 5.18. The minimum absolute atomic E-state index is 0.00747. The van der Waals surface area contributed by atoms with Gasteiger partial charge in [-0.25, -0.2) is 4.39 Å². The van der Waals surface area contributed by atoms with Crippen molar-refractivity contribution in [2.75, 3.05) is 37.7 Å². The third-order valence-corrected chi connectivity index (χ3v) is 4.88. The molecule has 4 rings (SSSR count). The lowest BCUT2D eigenvalue weighted by Gasteiger charge is -2.33. The number of quaternary nitrogens is 1. The second kappa shape index (κ2) is 5.73. The Balaban J connectivity index is 2.06. The Labute approximate surface area is 142 Å². The standard InChI is InChI=1S/C17H18FN3O4/c1-9-8-25-16-13-10(15(22)11(17(23)24)7-21(9)13)6-12(18)14(16)20-4-2-19-3-5-20/h6-7,9,19H,2-5,8H2,1H3,(H,23,24)/t9-/m1/s1. The molecule has 0 aliphatic carbocycles. The number of pyridine rings is 1. The predicted molar refractivity (Wildman–Crippen MR) is 86.6 cm³/mol. The molecule has 1 atom stereocenters. The van der Waals surface area contributed by atoms with Crippen LogP contribution in [-0.2, 0) is 0 Å². The van der Waals surface area contributed by atoms with Gasteiger partial charge in [-0.15, -0.1) is 0 Å². The summed E-state index contributed by atoms with van der Waals surface area (Å²) in [5.41, 5.74) is -0.420. The number of hydrogen-bond acceptors (Lipinski definition) is 5. The van der Waals surface area contributed by atoms with Crippen molar-refractivity contribution in [2.45, 2.75) is 13.0 Å². The molecule has 0 bridgehead atoms. The highest BCUT2D eigenvalue weighted by atomic mass is 19.1. The molecule has 3 heterocycles. The van der Waals surface area contributed by atoms with Crippen molar-refractivity contribution in [3.8, 4) is 5.75 Å². The Morgan fingerprint density at radius 3 is 2.80 bits per heavy atom. The van der Waals surface area contributed by atoms with Crippen molar-refractivity contribution in [3.63, 3.8) is 0 Å². The molecule has 2 N–H and O–H groups in total. The molecule has 1 saturated heterocycles. The average Bonchev–Trinajstić information content (AvgIpc) is 2.60. The Hall–Kier alpha value is -2.61. The summed E-state index contributed by atoms with van der Waals surface area (Å²) in [7, 11) is 0. The van der Waals surface area contributed by atoms with Crippen LogP contribution in [0.4, 0.5) is 10.1 Å². The monoisotopic (exact) mass is 347 g/mol. The van der Waals surface area contributed by atoms with Crippen molar-refractivity contribution in [2.24, 2.45) is 0 Å². The van der Waals surface area contributed by atoms with Gasteiger partial charge in [-0.2, -0.15) is 0 Å². The third-order valence-electron chi connectivity index (χ3n) is 4.88. The van der Waals surface area contributed by atoms with E-state index in [9.17, 15) is 19.1 Å². The zero-order chi connectivity index (χ0) is 17.7. The molecule has 0 spiro atoms. The highest BCUT2D eigenvalue weighted by molar-refractivity contribution is 5.96. The summed E-state index contributed by atoms with van der Waals surface area (Å²) < 4.78 is 22.4. The molecule has 2 aromatic rings. The van der Waals surface area contributed by atoms with Crippen LogP contribution in [0.2, 0.25) is 0 Å². The summed E-state index contributed by atoms with van der Waals surface area (Å²) >= 11 is 0. The van der Waals surface area contributed by atoms with E-state index in [2.05, 4.69) is 5.32 Å². The Bertz CT molecular complexity index is 934. The fraction of sp³-hybridized carbons (Fsp3) is 0.412. The first kappa shape index (κ1) is 15.9. The number of carbonyl (C=O) groups excluding carboxylic acids is 1. The maximum absolute atomic E-state index is 14.9. The van der Waals surface area contributed by atoms with E-state index < -0.39 is 22.8 Å². The first-order chi connectivity index (χ1) is 12.0. The predicted octanol–water partition coefficient (Wildman–Crippen LogP) is -1.16. The Kier molecular flexibility index (Phi) is 3.64. The van der Waals surface area contributed by atoms with E-state index in [0.717, 1.165) is 19.2 Å². The first-order valence-electron chi connectivity index (χ1n) is 8.31. The van der Waals surface area contributed by atoms with Gasteiger partial charge in [-0.1, -0.05) is 0 Å². The average molecular weight is 347 g/mol. The molecule has 1 aromatic carbocycles. The fourth-order valence-corrected chi connectivity index (χ4v) is 3.63. The molecule has 8 heteroatoms. The topological polar surface area (TPSA) is 91.2 Å². The Morgan fingerprint density at radius 2 is 2.12 bits per heavy atom. The summed E-state index contributed by atoms with van der Waals surface area (Å²) in [6.07, 6.45) is 1.28. The van der Waals surface area contributed by atoms with Crippen LogP contribution in [0.3, 0.4) is 0 Å². The number of carbonyl (C=O) groups is 1. The van der Waals surface area contributed by atoms with Crippen molar-refractivity contribution in [1.29, 1.82) is 0 Å². The number of aromatic carboxylic acids is 1. The summed E-state index contributed by atoms with van der Waals surface area (Å²) in [5, 5.41) is 13.4. The van der Waals surface area contributed by atoms with Crippen molar-refractivity contribution < 1.29 is 24.3 Å². The van der Waals surface area contributed by atoms with Crippen molar-refractivity contribution in [1.82, 2.24) is 4.57 Å². The molecule has 2 aliphatic heterocycles. The van der Waals surface area contributed by atoms with E-state index in [1.807, 2.05) is 11.8 Å². The van der Waals surface area contributed by atoms with Gasteiger partial charge in [-0.3, -0.25) is 4.79 Å². The van der Waals surface area contributed by atoms with Gasteiger partial charge >= 0.3 is 0 Å². The second-order valence-corrected chi connectivity index (χ2v) is 6.51. The van der Waals surface area contributed by atoms with Gasteiger partial charge in [0, 0.05) is 6.20 Å². The maximum Gasteiger partial charge on any atom is 0.198 e. The number of anilines is 1. The molecule has 0 unspecified atom stereocenters. The quantitative estimate of drug-likeness (QED) is 0.740. The summed E-state index contributed by atoms with van der Waals surface area (Å²) in [5.74, 6) is -1.82. The molecule has 132 valence electrons. The number of aromatic nitrogens is 1. The van der Waals surface area contributed by atoms with Gasteiger partial charge in [0.05, 0.1) is 54.7 Å². The van der Waals surface area contributed by atoms with Crippen molar-refractivity contribution >= 4 is 22.6 Å². The number of halogens is 1. The third kappa shape index (κ3) is 2.36. The van der Waals surface area contributed by atoms with Gasteiger partial charge in [0.25, 0.3) is 0 Å². The second-order valence-electron chi connectivity index (χ2n) is 6.51. The number of nitrogens with zero attached hydrogens (tertiary/aromatic N) is 2. The van der Waals surface area contributed by atoms with Gasteiger partial charge in [0.15, 0.2) is 17.0 Å². The first-order valence-corrected chi connectivity index (χ1v) is 8.31. The zero-order valence-electron chi connectivity index (χ0n) is 13.8. The zero-order valence-corrected chi connectivity index (χ0v) is 13.8. The van der Waals surface area contributed by atoms with Crippen LogP contribution in [0, 0.1) is 5.82 Å². The number of rotatable bonds is 2. The van der Waals surface area contributed by atoms with Gasteiger partial charge in [0.2, 0.25) is 0 Å². The van der Waals surface area contributed by atoms with E-state index in [4.69, 9.17) is 4.74 Å². The normalized spacial score (nSPS) is 19.8. The SMILES string of the molecule is C[C@@H]1COc2c(N3CC[NH2+]CC3)c(F)cc3c(=O)c(C(=O)[O-])cn1c23. The Morgan fingerprint density at radius 1 is 1.40 bits per heavy atom.